The zero-order valence-electron chi connectivity index (χ0n) is 10.3. The van der Waals surface area contributed by atoms with Gasteiger partial charge in [0.15, 0.2) is 0 Å². The highest BCUT2D eigenvalue weighted by Gasteiger charge is 2.41. The van der Waals surface area contributed by atoms with Gasteiger partial charge in [0.05, 0.1) is 0 Å². The van der Waals surface area contributed by atoms with Gasteiger partial charge in [0.25, 0.3) is 5.91 Å². The van der Waals surface area contributed by atoms with Crippen molar-refractivity contribution in [3.05, 3.63) is 35.9 Å². The first-order chi connectivity index (χ1) is 8.42. The molecular formula is C13H14N2O3. The average molecular weight is 246 g/mol. The lowest BCUT2D eigenvalue weighted by atomic mass is 10.1. The fourth-order valence-electron chi connectivity index (χ4n) is 1.94. The second-order valence-corrected chi connectivity index (χ2v) is 4.61. The van der Waals surface area contributed by atoms with Crippen LogP contribution in [-0.4, -0.2) is 39.8 Å². The summed E-state index contributed by atoms with van der Waals surface area (Å²) in [6.07, 6.45) is 0. The Kier molecular flexibility index (Phi) is 2.90. The molecule has 1 N–H and O–H groups in total. The van der Waals surface area contributed by atoms with E-state index in [0.717, 1.165) is 0 Å². The molecule has 0 spiro atoms. The number of rotatable bonds is 3. The molecule has 0 saturated heterocycles. The maximum atomic E-state index is 12.2. The Labute approximate surface area is 105 Å². The van der Waals surface area contributed by atoms with Crippen molar-refractivity contribution in [3.8, 4) is 0 Å². The standard InChI is InChI=1S/C13H14N2O3/c1-13(2)14-11(9-6-4-3-5-7-9)12(18)15(13)8-10(16)17/h3-7H,8H2,1-2H3,(H,16,17). The molecule has 0 saturated carbocycles. The van der Waals surface area contributed by atoms with Gasteiger partial charge >= 0.3 is 5.97 Å². The Morgan fingerprint density at radius 3 is 2.50 bits per heavy atom. The van der Waals surface area contributed by atoms with Crippen molar-refractivity contribution in [1.82, 2.24) is 4.90 Å². The molecule has 0 radical (unpaired) electrons. The molecule has 1 aliphatic rings. The Bertz CT molecular complexity index is 520. The number of hydrogen-bond donors (Lipinski definition) is 1. The lowest BCUT2D eigenvalue weighted by molar-refractivity contribution is -0.144. The number of aliphatic imine (C=N–C) groups is 1. The van der Waals surface area contributed by atoms with Crippen LogP contribution in [0.25, 0.3) is 0 Å². The fourth-order valence-corrected chi connectivity index (χ4v) is 1.94. The minimum atomic E-state index is -1.04. The Hall–Kier alpha value is -2.17. The van der Waals surface area contributed by atoms with E-state index in [1.54, 1.807) is 26.0 Å². The van der Waals surface area contributed by atoms with E-state index in [1.165, 1.54) is 4.90 Å². The van der Waals surface area contributed by atoms with Crippen molar-refractivity contribution >= 4 is 17.6 Å². The molecule has 0 fully saturated rings. The summed E-state index contributed by atoms with van der Waals surface area (Å²) in [5.74, 6) is -1.38. The molecule has 5 nitrogen and oxygen atoms in total. The smallest absolute Gasteiger partial charge is 0.323 e. The summed E-state index contributed by atoms with van der Waals surface area (Å²) in [6, 6.07) is 9.06. The van der Waals surface area contributed by atoms with Gasteiger partial charge in [-0.15, -0.1) is 0 Å². The normalized spacial score (nSPS) is 17.8. The third-order valence-electron chi connectivity index (χ3n) is 2.83. The summed E-state index contributed by atoms with van der Waals surface area (Å²) in [6.45, 7) is 3.11. The maximum absolute atomic E-state index is 12.2. The van der Waals surface area contributed by atoms with E-state index >= 15 is 0 Å². The molecule has 1 heterocycles. The van der Waals surface area contributed by atoms with Crippen LogP contribution in [0.2, 0.25) is 0 Å². The van der Waals surface area contributed by atoms with Crippen molar-refractivity contribution in [1.29, 1.82) is 0 Å². The lowest BCUT2D eigenvalue weighted by Gasteiger charge is -2.27. The van der Waals surface area contributed by atoms with Gasteiger partial charge in [-0.1, -0.05) is 30.3 Å². The highest BCUT2D eigenvalue weighted by molar-refractivity contribution is 6.46. The lowest BCUT2D eigenvalue weighted by Crippen LogP contribution is -2.45. The molecule has 18 heavy (non-hydrogen) atoms. The largest absolute Gasteiger partial charge is 0.480 e. The molecule has 0 bridgehead atoms. The number of carbonyl (C=O) groups is 2. The second-order valence-electron chi connectivity index (χ2n) is 4.61. The predicted molar refractivity (Wildman–Crippen MR) is 66.4 cm³/mol. The number of carbonyl (C=O) groups excluding carboxylic acids is 1. The van der Waals surface area contributed by atoms with Crippen LogP contribution in [0.3, 0.4) is 0 Å². The number of nitrogens with zero attached hydrogens (tertiary/aromatic N) is 2. The highest BCUT2D eigenvalue weighted by atomic mass is 16.4. The van der Waals surface area contributed by atoms with Gasteiger partial charge in [-0.2, -0.15) is 0 Å². The first kappa shape index (κ1) is 12.3. The first-order valence-corrected chi connectivity index (χ1v) is 5.61. The Morgan fingerprint density at radius 1 is 1.33 bits per heavy atom. The van der Waals surface area contributed by atoms with Crippen molar-refractivity contribution < 1.29 is 14.7 Å². The van der Waals surface area contributed by atoms with Crippen LogP contribution in [0, 0.1) is 0 Å². The molecule has 5 heteroatoms. The topological polar surface area (TPSA) is 70.0 Å². The highest BCUT2D eigenvalue weighted by Crippen LogP contribution is 2.25. The van der Waals surface area contributed by atoms with Gasteiger partial charge in [-0.05, 0) is 13.8 Å². The maximum Gasteiger partial charge on any atom is 0.323 e. The van der Waals surface area contributed by atoms with Gasteiger partial charge in [-0.25, -0.2) is 0 Å². The van der Waals surface area contributed by atoms with Gasteiger partial charge < -0.3 is 10.0 Å². The predicted octanol–water partition coefficient (Wildman–Crippen LogP) is 1.14. The summed E-state index contributed by atoms with van der Waals surface area (Å²) >= 11 is 0. The summed E-state index contributed by atoms with van der Waals surface area (Å²) < 4.78 is 0. The molecule has 0 atom stereocenters. The van der Waals surface area contributed by atoms with Gasteiger partial charge in [-0.3, -0.25) is 14.6 Å². The summed E-state index contributed by atoms with van der Waals surface area (Å²) in [7, 11) is 0. The molecule has 0 aromatic heterocycles. The van der Waals surface area contributed by atoms with Crippen LogP contribution >= 0.6 is 0 Å². The Morgan fingerprint density at radius 2 is 1.94 bits per heavy atom. The number of aliphatic carboxylic acids is 1. The van der Waals surface area contributed by atoms with Crippen molar-refractivity contribution in [2.45, 2.75) is 19.5 Å². The minimum Gasteiger partial charge on any atom is -0.480 e. The SMILES string of the molecule is CC1(C)N=C(c2ccccc2)C(=O)N1CC(=O)O. The fraction of sp³-hybridized carbons (Fsp3) is 0.308. The number of hydrogen-bond acceptors (Lipinski definition) is 3. The van der Waals surface area contributed by atoms with Crippen molar-refractivity contribution in [2.75, 3.05) is 6.54 Å². The molecule has 94 valence electrons. The molecule has 0 unspecified atom stereocenters. The van der Waals surface area contributed by atoms with Gasteiger partial charge in [0.2, 0.25) is 0 Å². The van der Waals surface area contributed by atoms with E-state index in [4.69, 9.17) is 5.11 Å². The van der Waals surface area contributed by atoms with E-state index in [-0.39, 0.29) is 12.5 Å². The zero-order chi connectivity index (χ0) is 13.3. The number of amides is 1. The van der Waals surface area contributed by atoms with E-state index in [2.05, 4.69) is 4.99 Å². The van der Waals surface area contributed by atoms with E-state index in [1.807, 2.05) is 18.2 Å². The summed E-state index contributed by atoms with van der Waals surface area (Å²) in [5.41, 5.74) is 0.214. The molecule has 2 rings (SSSR count). The Balaban J connectivity index is 2.36. The van der Waals surface area contributed by atoms with E-state index in [0.29, 0.717) is 11.3 Å². The summed E-state index contributed by atoms with van der Waals surface area (Å²) in [4.78, 5) is 28.6. The monoisotopic (exact) mass is 246 g/mol. The molecular weight excluding hydrogens is 232 g/mol. The first-order valence-electron chi connectivity index (χ1n) is 5.61. The van der Waals surface area contributed by atoms with E-state index in [9.17, 15) is 9.59 Å². The summed E-state index contributed by atoms with van der Waals surface area (Å²) in [5, 5.41) is 8.84. The van der Waals surface area contributed by atoms with Crippen LogP contribution in [0.5, 0.6) is 0 Å². The quantitative estimate of drug-likeness (QED) is 0.869. The molecule has 1 aromatic rings. The van der Waals surface area contributed by atoms with Crippen LogP contribution in [0.4, 0.5) is 0 Å². The third-order valence-corrected chi connectivity index (χ3v) is 2.83. The van der Waals surface area contributed by atoms with Crippen LogP contribution in [-0.2, 0) is 9.59 Å². The van der Waals surface area contributed by atoms with Crippen LogP contribution in [0.1, 0.15) is 19.4 Å². The van der Waals surface area contributed by atoms with Gasteiger partial charge in [0.1, 0.15) is 17.9 Å². The molecule has 1 aliphatic heterocycles. The number of carboxylic acid groups (broad SMARTS) is 1. The zero-order valence-corrected chi connectivity index (χ0v) is 10.3. The van der Waals surface area contributed by atoms with E-state index < -0.39 is 11.6 Å². The van der Waals surface area contributed by atoms with Crippen LogP contribution in [0.15, 0.2) is 35.3 Å². The second kappa shape index (κ2) is 4.25. The third kappa shape index (κ3) is 2.11. The molecule has 1 aromatic carbocycles. The van der Waals surface area contributed by atoms with Crippen LogP contribution < -0.4 is 0 Å². The molecule has 0 aliphatic carbocycles. The molecule has 1 amide bonds. The van der Waals surface area contributed by atoms with Gasteiger partial charge in [0, 0.05) is 5.56 Å². The average Bonchev–Trinajstić information content (AvgIpc) is 2.53. The minimum absolute atomic E-state index is 0.321. The van der Waals surface area contributed by atoms with Crippen molar-refractivity contribution in [2.24, 2.45) is 4.99 Å². The van der Waals surface area contributed by atoms with Crippen molar-refractivity contribution in [3.63, 3.8) is 0 Å². The number of benzene rings is 1. The number of carboxylic acids is 1.